The first-order valence-electron chi connectivity index (χ1n) is 6.47. The van der Waals surface area contributed by atoms with E-state index < -0.39 is 14.6 Å². The van der Waals surface area contributed by atoms with E-state index in [9.17, 15) is 8.42 Å². The van der Waals surface area contributed by atoms with Crippen LogP contribution in [0.25, 0.3) is 0 Å². The van der Waals surface area contributed by atoms with Crippen molar-refractivity contribution in [1.29, 1.82) is 0 Å². The quantitative estimate of drug-likeness (QED) is 0.788. The van der Waals surface area contributed by atoms with Crippen LogP contribution >= 0.6 is 10.7 Å². The standard InChI is InChI=1S/C12H20ClN3O2S/c1-11(2,3)16-9(12(4)7-5-6-8-12)14-15-10(16)19(13,17)18/h5-8H2,1-4H3. The van der Waals surface area contributed by atoms with Crippen molar-refractivity contribution < 1.29 is 8.42 Å². The molecule has 0 aromatic carbocycles. The van der Waals surface area contributed by atoms with E-state index in [1.807, 2.05) is 20.8 Å². The van der Waals surface area contributed by atoms with Crippen molar-refractivity contribution in [3.8, 4) is 0 Å². The highest BCUT2D eigenvalue weighted by Crippen LogP contribution is 2.41. The van der Waals surface area contributed by atoms with Gasteiger partial charge in [0.25, 0.3) is 14.2 Å². The smallest absolute Gasteiger partial charge is 0.295 e. The maximum atomic E-state index is 11.7. The molecule has 0 spiro atoms. The topological polar surface area (TPSA) is 64.8 Å². The summed E-state index contributed by atoms with van der Waals surface area (Å²) in [4.78, 5) is 0. The molecule has 0 aliphatic heterocycles. The van der Waals surface area contributed by atoms with Gasteiger partial charge in [0.1, 0.15) is 5.82 Å². The normalized spacial score (nSPS) is 19.8. The van der Waals surface area contributed by atoms with E-state index in [1.54, 1.807) is 4.57 Å². The molecule has 1 fully saturated rings. The molecule has 1 saturated carbocycles. The Morgan fingerprint density at radius 2 is 1.74 bits per heavy atom. The number of aromatic nitrogens is 3. The Hall–Kier alpha value is -0.620. The molecule has 0 atom stereocenters. The van der Waals surface area contributed by atoms with E-state index in [0.717, 1.165) is 31.5 Å². The van der Waals surface area contributed by atoms with Gasteiger partial charge in [0.15, 0.2) is 0 Å². The largest absolute Gasteiger partial charge is 0.296 e. The molecule has 19 heavy (non-hydrogen) atoms. The number of rotatable bonds is 2. The molecule has 1 aromatic rings. The Morgan fingerprint density at radius 1 is 1.21 bits per heavy atom. The molecule has 2 rings (SSSR count). The summed E-state index contributed by atoms with van der Waals surface area (Å²) in [5.41, 5.74) is -0.540. The summed E-state index contributed by atoms with van der Waals surface area (Å²) in [7, 11) is 1.59. The highest BCUT2D eigenvalue weighted by Gasteiger charge is 2.40. The monoisotopic (exact) mass is 305 g/mol. The second-order valence-corrected chi connectivity index (χ2v) is 8.98. The van der Waals surface area contributed by atoms with Crippen molar-refractivity contribution in [2.75, 3.05) is 0 Å². The minimum atomic E-state index is -3.89. The van der Waals surface area contributed by atoms with Gasteiger partial charge in [-0.1, -0.05) is 19.8 Å². The van der Waals surface area contributed by atoms with Crippen LogP contribution in [-0.2, 0) is 20.0 Å². The van der Waals surface area contributed by atoms with E-state index in [2.05, 4.69) is 17.1 Å². The first-order chi connectivity index (χ1) is 8.56. The molecule has 0 amide bonds. The number of hydrogen-bond donors (Lipinski definition) is 0. The van der Waals surface area contributed by atoms with Gasteiger partial charge in [0.05, 0.1) is 0 Å². The van der Waals surface area contributed by atoms with E-state index in [0.29, 0.717) is 0 Å². The Morgan fingerprint density at radius 3 is 2.16 bits per heavy atom. The highest BCUT2D eigenvalue weighted by atomic mass is 35.7. The van der Waals surface area contributed by atoms with Gasteiger partial charge in [0.2, 0.25) is 0 Å². The van der Waals surface area contributed by atoms with Crippen molar-refractivity contribution in [2.45, 2.75) is 69.5 Å². The van der Waals surface area contributed by atoms with Gasteiger partial charge < -0.3 is 0 Å². The third kappa shape index (κ3) is 2.65. The van der Waals surface area contributed by atoms with Crippen LogP contribution in [0.1, 0.15) is 59.2 Å². The molecule has 7 heteroatoms. The summed E-state index contributed by atoms with van der Waals surface area (Å²) in [6, 6.07) is 0. The molecule has 1 aliphatic carbocycles. The fourth-order valence-corrected chi connectivity index (χ4v) is 3.82. The molecular formula is C12H20ClN3O2S. The average molecular weight is 306 g/mol. The maximum absolute atomic E-state index is 11.7. The summed E-state index contributed by atoms with van der Waals surface area (Å²) in [6.07, 6.45) is 4.28. The molecule has 108 valence electrons. The Kier molecular flexibility index (Phi) is 3.46. The zero-order valence-corrected chi connectivity index (χ0v) is 13.3. The molecule has 5 nitrogen and oxygen atoms in total. The van der Waals surface area contributed by atoms with Crippen molar-refractivity contribution in [2.24, 2.45) is 0 Å². The second-order valence-electron chi connectivity index (χ2n) is 6.52. The Labute approximate surface area is 118 Å². The van der Waals surface area contributed by atoms with Crippen molar-refractivity contribution in [3.05, 3.63) is 5.82 Å². The van der Waals surface area contributed by atoms with Crippen LogP contribution < -0.4 is 0 Å². The summed E-state index contributed by atoms with van der Waals surface area (Å²) in [5.74, 6) is 0.733. The van der Waals surface area contributed by atoms with Crippen LogP contribution in [0.5, 0.6) is 0 Å². The maximum Gasteiger partial charge on any atom is 0.296 e. The van der Waals surface area contributed by atoms with Crippen LogP contribution in [0.3, 0.4) is 0 Å². The molecule has 1 aliphatic rings. The summed E-state index contributed by atoms with van der Waals surface area (Å²) < 4.78 is 25.0. The van der Waals surface area contributed by atoms with E-state index >= 15 is 0 Å². The van der Waals surface area contributed by atoms with Crippen molar-refractivity contribution in [3.63, 3.8) is 0 Å². The lowest BCUT2D eigenvalue weighted by Gasteiger charge is -2.30. The predicted molar refractivity (Wildman–Crippen MR) is 73.9 cm³/mol. The van der Waals surface area contributed by atoms with Crippen LogP contribution in [0.4, 0.5) is 0 Å². The molecule has 0 saturated heterocycles. The zero-order chi connectivity index (χ0) is 14.5. The minimum Gasteiger partial charge on any atom is -0.295 e. The SMILES string of the molecule is CC1(c2nnc(S(=O)(=O)Cl)n2C(C)(C)C)CCCC1. The van der Waals surface area contributed by atoms with E-state index in [4.69, 9.17) is 10.7 Å². The van der Waals surface area contributed by atoms with Gasteiger partial charge in [0, 0.05) is 21.6 Å². The summed E-state index contributed by atoms with van der Waals surface area (Å²) in [5, 5.41) is 7.84. The summed E-state index contributed by atoms with van der Waals surface area (Å²) in [6.45, 7) is 7.92. The predicted octanol–water partition coefficient (Wildman–Crippen LogP) is 2.79. The molecule has 0 bridgehead atoms. The first-order valence-corrected chi connectivity index (χ1v) is 8.78. The van der Waals surface area contributed by atoms with Crippen LogP contribution in [-0.4, -0.2) is 23.2 Å². The summed E-state index contributed by atoms with van der Waals surface area (Å²) >= 11 is 0. The average Bonchev–Trinajstić information content (AvgIpc) is 2.80. The molecule has 1 aromatic heterocycles. The minimum absolute atomic E-state index is 0.111. The third-order valence-electron chi connectivity index (χ3n) is 3.77. The molecule has 0 radical (unpaired) electrons. The zero-order valence-electron chi connectivity index (χ0n) is 11.8. The lowest BCUT2D eigenvalue weighted by molar-refractivity contribution is 0.314. The van der Waals surface area contributed by atoms with Gasteiger partial charge in [-0.05, 0) is 33.6 Å². The Balaban J connectivity index is 2.67. The molecular weight excluding hydrogens is 286 g/mol. The number of hydrogen-bond acceptors (Lipinski definition) is 4. The van der Waals surface area contributed by atoms with E-state index in [1.165, 1.54) is 0 Å². The van der Waals surface area contributed by atoms with Crippen LogP contribution in [0.15, 0.2) is 5.16 Å². The fraction of sp³-hybridized carbons (Fsp3) is 0.833. The lowest BCUT2D eigenvalue weighted by Crippen LogP contribution is -2.32. The van der Waals surface area contributed by atoms with Gasteiger partial charge in [-0.15, -0.1) is 10.2 Å². The lowest BCUT2D eigenvalue weighted by atomic mass is 9.87. The number of halogens is 1. The molecule has 1 heterocycles. The second kappa shape index (κ2) is 4.45. The molecule has 0 unspecified atom stereocenters. The number of nitrogens with zero attached hydrogens (tertiary/aromatic N) is 3. The first kappa shape index (κ1) is 14.8. The van der Waals surface area contributed by atoms with Gasteiger partial charge >= 0.3 is 0 Å². The van der Waals surface area contributed by atoms with Gasteiger partial charge in [-0.25, -0.2) is 8.42 Å². The Bertz CT molecular complexity index is 581. The molecule has 0 N–H and O–H groups in total. The van der Waals surface area contributed by atoms with Gasteiger partial charge in [-0.2, -0.15) is 0 Å². The van der Waals surface area contributed by atoms with Crippen molar-refractivity contribution in [1.82, 2.24) is 14.8 Å². The van der Waals surface area contributed by atoms with Crippen LogP contribution in [0.2, 0.25) is 0 Å². The third-order valence-corrected chi connectivity index (χ3v) is 4.88. The van der Waals surface area contributed by atoms with Crippen LogP contribution in [0, 0.1) is 0 Å². The van der Waals surface area contributed by atoms with Gasteiger partial charge in [-0.3, -0.25) is 4.57 Å². The van der Waals surface area contributed by atoms with Crippen molar-refractivity contribution >= 4 is 19.7 Å². The highest BCUT2D eigenvalue weighted by molar-refractivity contribution is 8.13. The fourth-order valence-electron chi connectivity index (χ4n) is 2.80. The van der Waals surface area contributed by atoms with E-state index in [-0.39, 0.29) is 10.6 Å².